The molecule has 0 unspecified atom stereocenters. The number of rotatable bonds is 7. The SMILES string of the molecule is c1ccc(-c2ccc(-c3nc(-c4ccccc4)nc(-c4cccc(-c5cccc6c5oc5c(-c7ccc(-c8ccccc8)cc7)cccc56)c4)n3)cc2)cc1. The monoisotopic (exact) mass is 703 g/mol. The van der Waals surface area contributed by atoms with Gasteiger partial charge in [-0.15, -0.1) is 0 Å². The lowest BCUT2D eigenvalue weighted by Crippen LogP contribution is -2.00. The molecule has 0 saturated heterocycles. The van der Waals surface area contributed by atoms with E-state index >= 15 is 0 Å². The van der Waals surface area contributed by atoms with E-state index in [0.717, 1.165) is 66.4 Å². The van der Waals surface area contributed by atoms with E-state index < -0.39 is 0 Å². The maximum absolute atomic E-state index is 6.84. The molecule has 2 aromatic heterocycles. The van der Waals surface area contributed by atoms with E-state index in [2.05, 4.69) is 158 Å². The van der Waals surface area contributed by atoms with Crippen molar-refractivity contribution in [3.05, 3.63) is 200 Å². The minimum atomic E-state index is 0.607. The largest absolute Gasteiger partial charge is 0.455 e. The molecule has 0 bridgehead atoms. The Morgan fingerprint density at radius 3 is 1.13 bits per heavy atom. The Morgan fingerprint density at radius 2 is 0.600 bits per heavy atom. The molecule has 4 heteroatoms. The topological polar surface area (TPSA) is 51.8 Å². The molecule has 0 aliphatic rings. The summed E-state index contributed by atoms with van der Waals surface area (Å²) in [4.78, 5) is 15.0. The van der Waals surface area contributed by atoms with Gasteiger partial charge in [0.25, 0.3) is 0 Å². The molecule has 0 aliphatic carbocycles. The summed E-state index contributed by atoms with van der Waals surface area (Å²) in [5.41, 5.74) is 13.4. The summed E-state index contributed by atoms with van der Waals surface area (Å²) in [6.07, 6.45) is 0. The highest BCUT2D eigenvalue weighted by molar-refractivity contribution is 6.13. The standard InChI is InChI=1S/C51H33N3O/c1-4-13-34(14-5-1)36-25-29-38(30-26-36)43-21-11-23-45-46-24-12-22-44(48(46)55-47(43)45)41-19-10-20-42(33-41)51-53-49(39-17-8-3-9-18-39)52-50(54-51)40-31-27-37(28-32-40)35-15-6-2-7-16-35/h1-33H. The zero-order chi connectivity index (χ0) is 36.6. The van der Waals surface area contributed by atoms with Gasteiger partial charge in [-0.1, -0.05) is 194 Å². The summed E-state index contributed by atoms with van der Waals surface area (Å²) >= 11 is 0. The number of hydrogen-bond donors (Lipinski definition) is 0. The highest BCUT2D eigenvalue weighted by Crippen LogP contribution is 2.41. The van der Waals surface area contributed by atoms with Gasteiger partial charge in [0, 0.05) is 38.6 Å². The molecule has 0 N–H and O–H groups in total. The van der Waals surface area contributed by atoms with Crippen LogP contribution in [-0.4, -0.2) is 15.0 Å². The number of para-hydroxylation sites is 2. The third-order valence-corrected chi connectivity index (χ3v) is 10.2. The highest BCUT2D eigenvalue weighted by Gasteiger charge is 2.18. The molecule has 2 heterocycles. The number of aromatic nitrogens is 3. The first-order valence-corrected chi connectivity index (χ1v) is 18.4. The molecule has 258 valence electrons. The van der Waals surface area contributed by atoms with Crippen molar-refractivity contribution < 1.29 is 4.42 Å². The van der Waals surface area contributed by atoms with Gasteiger partial charge in [0.05, 0.1) is 0 Å². The van der Waals surface area contributed by atoms with Gasteiger partial charge < -0.3 is 4.42 Å². The van der Waals surface area contributed by atoms with Crippen LogP contribution < -0.4 is 0 Å². The fourth-order valence-electron chi connectivity index (χ4n) is 7.37. The Labute approximate surface area is 319 Å². The molecule has 10 aromatic rings. The van der Waals surface area contributed by atoms with Gasteiger partial charge in [-0.2, -0.15) is 0 Å². The van der Waals surface area contributed by atoms with Crippen molar-refractivity contribution in [3.63, 3.8) is 0 Å². The Balaban J connectivity index is 1.05. The number of benzene rings is 8. The first-order chi connectivity index (χ1) is 27.2. The van der Waals surface area contributed by atoms with Gasteiger partial charge in [0.2, 0.25) is 0 Å². The molecule has 0 amide bonds. The van der Waals surface area contributed by atoms with Gasteiger partial charge >= 0.3 is 0 Å². The molecule has 55 heavy (non-hydrogen) atoms. The summed E-state index contributed by atoms with van der Waals surface area (Å²) in [5, 5.41) is 2.17. The Kier molecular flexibility index (Phi) is 8.12. The molecule has 0 aliphatic heterocycles. The van der Waals surface area contributed by atoms with Gasteiger partial charge in [-0.05, 0) is 39.4 Å². The third kappa shape index (κ3) is 6.16. The minimum absolute atomic E-state index is 0.607. The smallest absolute Gasteiger partial charge is 0.164 e. The summed E-state index contributed by atoms with van der Waals surface area (Å²) in [6.45, 7) is 0. The fraction of sp³-hybridized carbons (Fsp3) is 0. The Morgan fingerprint density at radius 1 is 0.255 bits per heavy atom. The number of nitrogens with zero attached hydrogens (tertiary/aromatic N) is 3. The quantitative estimate of drug-likeness (QED) is 0.166. The van der Waals surface area contributed by atoms with Gasteiger partial charge in [-0.3, -0.25) is 0 Å². The second-order valence-corrected chi connectivity index (χ2v) is 13.6. The van der Waals surface area contributed by atoms with Crippen molar-refractivity contribution in [2.75, 3.05) is 0 Å². The second-order valence-electron chi connectivity index (χ2n) is 13.6. The van der Waals surface area contributed by atoms with Crippen LogP contribution in [0.15, 0.2) is 205 Å². The number of hydrogen-bond acceptors (Lipinski definition) is 4. The molecular weight excluding hydrogens is 671 g/mol. The first kappa shape index (κ1) is 32.2. The lowest BCUT2D eigenvalue weighted by atomic mass is 9.98. The third-order valence-electron chi connectivity index (χ3n) is 10.2. The van der Waals surface area contributed by atoms with Crippen LogP contribution in [0.4, 0.5) is 0 Å². The summed E-state index contributed by atoms with van der Waals surface area (Å²) in [5.74, 6) is 1.86. The summed E-state index contributed by atoms with van der Waals surface area (Å²) in [6, 6.07) is 69.2. The van der Waals surface area contributed by atoms with Crippen LogP contribution in [0.25, 0.3) is 101 Å². The average molecular weight is 704 g/mol. The molecule has 0 radical (unpaired) electrons. The van der Waals surface area contributed by atoms with Crippen LogP contribution in [0.1, 0.15) is 0 Å². The maximum atomic E-state index is 6.84. The van der Waals surface area contributed by atoms with E-state index in [4.69, 9.17) is 19.4 Å². The van der Waals surface area contributed by atoms with Crippen molar-refractivity contribution >= 4 is 21.9 Å². The number of fused-ring (bicyclic) bond motifs is 3. The van der Waals surface area contributed by atoms with Gasteiger partial charge in [-0.25, -0.2) is 15.0 Å². The molecular formula is C51H33N3O. The lowest BCUT2D eigenvalue weighted by Gasteiger charge is -2.10. The van der Waals surface area contributed by atoms with Crippen LogP contribution in [0.3, 0.4) is 0 Å². The van der Waals surface area contributed by atoms with Gasteiger partial charge in [0.15, 0.2) is 17.5 Å². The van der Waals surface area contributed by atoms with E-state index in [1.807, 2.05) is 42.5 Å². The Bertz CT molecular complexity index is 2940. The normalized spacial score (nSPS) is 11.3. The molecule has 0 spiro atoms. The van der Waals surface area contributed by atoms with Crippen LogP contribution >= 0.6 is 0 Å². The maximum Gasteiger partial charge on any atom is 0.164 e. The van der Waals surface area contributed by atoms with Crippen LogP contribution in [0, 0.1) is 0 Å². The van der Waals surface area contributed by atoms with Crippen LogP contribution in [0.5, 0.6) is 0 Å². The Hall–Kier alpha value is -7.43. The first-order valence-electron chi connectivity index (χ1n) is 18.4. The van der Waals surface area contributed by atoms with E-state index in [9.17, 15) is 0 Å². The van der Waals surface area contributed by atoms with E-state index in [1.54, 1.807) is 0 Å². The molecule has 0 fully saturated rings. The zero-order valence-corrected chi connectivity index (χ0v) is 29.8. The molecule has 10 rings (SSSR count). The predicted octanol–water partition coefficient (Wildman–Crippen LogP) is 13.4. The average Bonchev–Trinajstić information content (AvgIpc) is 3.67. The predicted molar refractivity (Wildman–Crippen MR) is 225 cm³/mol. The van der Waals surface area contributed by atoms with Crippen molar-refractivity contribution in [1.29, 1.82) is 0 Å². The van der Waals surface area contributed by atoms with Crippen LogP contribution in [0.2, 0.25) is 0 Å². The fourth-order valence-corrected chi connectivity index (χ4v) is 7.37. The van der Waals surface area contributed by atoms with E-state index in [-0.39, 0.29) is 0 Å². The van der Waals surface area contributed by atoms with Crippen molar-refractivity contribution in [1.82, 2.24) is 15.0 Å². The minimum Gasteiger partial charge on any atom is -0.455 e. The lowest BCUT2D eigenvalue weighted by molar-refractivity contribution is 0.671. The molecule has 0 atom stereocenters. The number of furan rings is 1. The van der Waals surface area contributed by atoms with Crippen molar-refractivity contribution in [3.8, 4) is 78.7 Å². The van der Waals surface area contributed by atoms with E-state index in [0.29, 0.717) is 17.5 Å². The summed E-state index contributed by atoms with van der Waals surface area (Å²) < 4.78 is 6.84. The highest BCUT2D eigenvalue weighted by atomic mass is 16.3. The molecule has 8 aromatic carbocycles. The summed E-state index contributed by atoms with van der Waals surface area (Å²) in [7, 11) is 0. The zero-order valence-electron chi connectivity index (χ0n) is 29.8. The van der Waals surface area contributed by atoms with Gasteiger partial charge in [0.1, 0.15) is 11.2 Å². The molecule has 0 saturated carbocycles. The van der Waals surface area contributed by atoms with E-state index in [1.165, 1.54) is 16.7 Å². The van der Waals surface area contributed by atoms with Crippen molar-refractivity contribution in [2.45, 2.75) is 0 Å². The second kappa shape index (κ2) is 13.8. The van der Waals surface area contributed by atoms with Crippen LogP contribution in [-0.2, 0) is 0 Å². The molecule has 4 nitrogen and oxygen atoms in total. The van der Waals surface area contributed by atoms with Crippen molar-refractivity contribution in [2.24, 2.45) is 0 Å².